The fourth-order valence-electron chi connectivity index (χ4n) is 2.67. The van der Waals surface area contributed by atoms with Crippen molar-refractivity contribution >= 4 is 18.6 Å². The first-order valence-electron chi connectivity index (χ1n) is 10.6. The van der Waals surface area contributed by atoms with Crippen molar-refractivity contribution in [3.63, 3.8) is 0 Å². The molecule has 0 aliphatic heterocycles. The van der Waals surface area contributed by atoms with Gasteiger partial charge in [0, 0.05) is 45.7 Å². The average molecular weight is 532 g/mol. The number of benzene rings is 1. The van der Waals surface area contributed by atoms with E-state index in [-0.39, 0.29) is 38.5 Å². The van der Waals surface area contributed by atoms with Gasteiger partial charge in [0.1, 0.15) is 13.1 Å². The molecule has 0 fully saturated rings. The first kappa shape index (κ1) is 38.2. The maximum absolute atomic E-state index is 10.1. The molecule has 4 N–H and O–H groups in total. The molecule has 1 aromatic carbocycles. The molecule has 0 aliphatic rings. The van der Waals surface area contributed by atoms with E-state index in [2.05, 4.69) is 18.0 Å². The number of carbonyl (C=O) groups excluding carboxylic acids is 2. The van der Waals surface area contributed by atoms with Crippen LogP contribution < -0.4 is 11.1 Å². The molecule has 33 heavy (non-hydrogen) atoms. The zero-order valence-corrected chi connectivity index (χ0v) is 23.7. The minimum Gasteiger partial charge on any atom is -0.520 e. The fraction of sp³-hybridized carbons (Fsp3) is 0.423. The van der Waals surface area contributed by atoms with E-state index in [4.69, 9.17) is 16.6 Å². The van der Waals surface area contributed by atoms with E-state index < -0.39 is 0 Å². The van der Waals surface area contributed by atoms with Crippen molar-refractivity contribution in [3.8, 4) is 11.9 Å². The minimum atomic E-state index is 0. The molecule has 0 heterocycles. The number of phenolic OH excluding ortho intramolecular Hbond substituents is 1. The summed E-state index contributed by atoms with van der Waals surface area (Å²) in [7, 11) is 1.87. The van der Waals surface area contributed by atoms with E-state index >= 15 is 0 Å². The first-order chi connectivity index (χ1) is 15.4. The van der Waals surface area contributed by atoms with Crippen LogP contribution in [-0.4, -0.2) is 25.2 Å². The van der Waals surface area contributed by atoms with Crippen molar-refractivity contribution in [2.75, 3.05) is 7.05 Å². The van der Waals surface area contributed by atoms with Crippen LogP contribution in [0.25, 0.3) is 5.57 Å². The predicted molar refractivity (Wildman–Crippen MR) is 134 cm³/mol. The number of nitrogens with zero attached hydrogens (tertiary/aromatic N) is 1. The Morgan fingerprint density at radius 3 is 2.21 bits per heavy atom. The molecule has 7 heteroatoms. The van der Waals surface area contributed by atoms with Gasteiger partial charge in [0.2, 0.25) is 0 Å². The van der Waals surface area contributed by atoms with E-state index in [9.17, 15) is 9.90 Å². The van der Waals surface area contributed by atoms with Gasteiger partial charge < -0.3 is 25.7 Å². The fourth-order valence-corrected chi connectivity index (χ4v) is 2.67. The summed E-state index contributed by atoms with van der Waals surface area (Å²) in [5, 5.41) is 20.3. The second-order valence-corrected chi connectivity index (χ2v) is 6.61. The number of aldehydes is 1. The molecule has 0 atom stereocenters. The molecule has 1 rings (SSSR count). The normalized spacial score (nSPS) is 9.82. The molecule has 0 amide bonds. The van der Waals surface area contributed by atoms with E-state index in [0.717, 1.165) is 42.4 Å². The van der Waals surface area contributed by atoms with Gasteiger partial charge in [0.25, 0.3) is 0 Å². The van der Waals surface area contributed by atoms with Crippen molar-refractivity contribution in [2.24, 2.45) is 5.73 Å². The number of allylic oxidation sites excluding steroid dienone is 5. The summed E-state index contributed by atoms with van der Waals surface area (Å²) in [4.78, 5) is 17.8. The van der Waals surface area contributed by atoms with Gasteiger partial charge in [0.05, 0.1) is 5.75 Å². The summed E-state index contributed by atoms with van der Waals surface area (Å²) >= 11 is 0. The molecule has 0 spiro atoms. The molecular formula is C26H40N3O3Y-. The Kier molecular flexibility index (Phi) is 32.4. The van der Waals surface area contributed by atoms with Gasteiger partial charge in [-0.2, -0.15) is 10.8 Å². The van der Waals surface area contributed by atoms with E-state index in [1.807, 2.05) is 58.9 Å². The Hall–Kier alpha value is -2.07. The summed E-state index contributed by atoms with van der Waals surface area (Å²) in [6.45, 7) is 17.0. The van der Waals surface area contributed by atoms with Crippen molar-refractivity contribution in [3.05, 3.63) is 59.2 Å². The third-order valence-corrected chi connectivity index (χ3v) is 4.35. The van der Waals surface area contributed by atoms with Gasteiger partial charge >= 0.3 is 0 Å². The van der Waals surface area contributed by atoms with Crippen LogP contribution in [0.5, 0.6) is 5.75 Å². The average Bonchev–Trinajstić information content (AvgIpc) is 2.79. The number of rotatable bonds is 10. The number of phenols is 1. The number of carbonyl (C=O) groups is 2. The number of aromatic hydroxyl groups is 1. The largest absolute Gasteiger partial charge is 0.520 e. The molecule has 0 bridgehead atoms. The van der Waals surface area contributed by atoms with Gasteiger partial charge in [-0.05, 0) is 32.0 Å². The Morgan fingerprint density at radius 1 is 1.24 bits per heavy atom. The standard InChI is InChI=1S/C17H22NO.C7H14O.CH2N2.CH2O.Y/c1-6-12(3)15(7-2)13(4)16-9-8-14(11-18-5)10-17(16)19;1-2-3-4-5-6-7-8;2-1-3;1-2;/h4,6-10,18-19H,11H2,1-3,5H3;7H,2-6H2,1H3;2H2;1H2;/q-1;;;;/b12-6-,15-7+;;;;. The van der Waals surface area contributed by atoms with Crippen molar-refractivity contribution in [2.45, 2.75) is 66.3 Å². The van der Waals surface area contributed by atoms with Crippen LogP contribution in [0.2, 0.25) is 0 Å². The molecule has 0 saturated heterocycles. The Labute approximate surface area is 225 Å². The van der Waals surface area contributed by atoms with Gasteiger partial charge in [-0.25, -0.2) is 6.58 Å². The Morgan fingerprint density at radius 2 is 1.82 bits per heavy atom. The van der Waals surface area contributed by atoms with Crippen LogP contribution in [0, 0.1) is 18.0 Å². The molecule has 181 valence electrons. The van der Waals surface area contributed by atoms with Gasteiger partial charge in [-0.15, -0.1) is 23.3 Å². The van der Waals surface area contributed by atoms with Crippen LogP contribution in [0.1, 0.15) is 70.9 Å². The smallest absolute Gasteiger partial charge is 0.173 e. The molecule has 0 unspecified atom stereocenters. The van der Waals surface area contributed by atoms with Crippen molar-refractivity contribution < 1.29 is 47.4 Å². The Bertz CT molecular complexity index is 754. The zero-order valence-electron chi connectivity index (χ0n) is 20.9. The number of unbranched alkanes of at least 4 members (excludes halogenated alkanes) is 4. The summed E-state index contributed by atoms with van der Waals surface area (Å²) in [5.41, 5.74) is 8.51. The first-order valence-corrected chi connectivity index (χ1v) is 10.6. The zero-order chi connectivity index (χ0) is 25.4. The third-order valence-electron chi connectivity index (χ3n) is 4.35. The second kappa shape index (κ2) is 28.0. The van der Waals surface area contributed by atoms with Crippen molar-refractivity contribution in [1.82, 2.24) is 5.32 Å². The molecular weight excluding hydrogens is 491 g/mol. The molecule has 0 aliphatic carbocycles. The molecule has 6 nitrogen and oxygen atoms in total. The Balaban J connectivity index is -0.000000252. The monoisotopic (exact) mass is 531 g/mol. The number of nitrogens with two attached hydrogens (primary N) is 1. The topological polar surface area (TPSA) is 116 Å². The van der Waals surface area contributed by atoms with Crippen molar-refractivity contribution in [1.29, 1.82) is 5.26 Å². The van der Waals surface area contributed by atoms with Crippen LogP contribution in [0.3, 0.4) is 0 Å². The van der Waals surface area contributed by atoms with E-state index in [0.29, 0.717) is 11.1 Å². The molecule has 0 saturated carbocycles. The molecule has 1 radical (unpaired) electrons. The van der Waals surface area contributed by atoms with E-state index in [1.165, 1.54) is 25.5 Å². The number of nitrogens with one attached hydrogen (secondary N) is 1. The number of hydrogen-bond acceptors (Lipinski definition) is 6. The summed E-state index contributed by atoms with van der Waals surface area (Å²) in [6.07, 6.45) is 11.8. The second-order valence-electron chi connectivity index (χ2n) is 6.61. The quantitative estimate of drug-likeness (QED) is 0.0950. The van der Waals surface area contributed by atoms with Crippen LogP contribution in [0.15, 0.2) is 41.5 Å². The van der Waals surface area contributed by atoms with E-state index in [1.54, 1.807) is 6.07 Å². The van der Waals surface area contributed by atoms with Crippen LogP contribution in [0.4, 0.5) is 0 Å². The SMILES string of the molecule is C=O.CCCCCCC=O.N#CN.[CH-]=C(C(=C/C)/C(C)=C\C)c1ccc(CNC)cc1O.[Y]. The predicted octanol–water partition coefficient (Wildman–Crippen LogP) is 5.23. The molecule has 0 aromatic heterocycles. The maximum Gasteiger partial charge on any atom is 0.173 e. The molecule has 1 aromatic rings. The maximum atomic E-state index is 10.1. The third kappa shape index (κ3) is 19.1. The van der Waals surface area contributed by atoms with Gasteiger partial charge in [-0.3, -0.25) is 0 Å². The van der Waals surface area contributed by atoms with Crippen LogP contribution in [-0.2, 0) is 48.8 Å². The summed E-state index contributed by atoms with van der Waals surface area (Å²) in [6, 6.07) is 5.58. The summed E-state index contributed by atoms with van der Waals surface area (Å²) < 4.78 is 0. The van der Waals surface area contributed by atoms with Gasteiger partial charge in [-0.1, -0.05) is 57.7 Å². The van der Waals surface area contributed by atoms with Crippen LogP contribution >= 0.6 is 0 Å². The number of nitriles is 1. The summed E-state index contributed by atoms with van der Waals surface area (Å²) in [5.74, 6) is 0.216. The number of hydrogen-bond donors (Lipinski definition) is 3. The van der Waals surface area contributed by atoms with Gasteiger partial charge in [0.15, 0.2) is 6.19 Å². The minimum absolute atomic E-state index is 0.